The van der Waals surface area contributed by atoms with Gasteiger partial charge < -0.3 is 9.64 Å². The number of amides is 1. The molecular weight excluding hydrogens is 417 g/mol. The molecule has 2 aromatic carbocycles. The molecule has 1 atom stereocenters. The number of benzene rings is 2. The Labute approximate surface area is 172 Å². The first-order valence-corrected chi connectivity index (χ1v) is 11.1. The monoisotopic (exact) mass is 435 g/mol. The van der Waals surface area contributed by atoms with Crippen molar-refractivity contribution in [3.05, 3.63) is 65.9 Å². The van der Waals surface area contributed by atoms with Crippen LogP contribution in [0.15, 0.2) is 65.0 Å². The number of halogens is 1. The van der Waals surface area contributed by atoms with Gasteiger partial charge >= 0.3 is 0 Å². The second kappa shape index (κ2) is 7.80. The van der Waals surface area contributed by atoms with E-state index in [1.807, 2.05) is 0 Å². The Hall–Kier alpha value is -2.98. The molecule has 1 saturated heterocycles. The molecule has 29 heavy (non-hydrogen) atoms. The van der Waals surface area contributed by atoms with Crippen LogP contribution in [0.2, 0.25) is 0 Å². The summed E-state index contributed by atoms with van der Waals surface area (Å²) in [4.78, 5) is 18.1. The molecule has 1 unspecified atom stereocenters. The minimum absolute atomic E-state index is 0. The van der Waals surface area contributed by atoms with Gasteiger partial charge in [-0.05, 0) is 36.4 Å². The Morgan fingerprint density at radius 1 is 1.21 bits per heavy atom. The molecule has 1 aromatic heterocycles. The van der Waals surface area contributed by atoms with Crippen LogP contribution in [0.3, 0.4) is 0 Å². The fourth-order valence-electron chi connectivity index (χ4n) is 2.97. The van der Waals surface area contributed by atoms with Crippen molar-refractivity contribution in [1.29, 1.82) is 0 Å². The summed E-state index contributed by atoms with van der Waals surface area (Å²) in [5.41, 5.74) is 0.544. The number of aromatic nitrogens is 1. The normalized spacial score (nSPS) is 16.8. The van der Waals surface area contributed by atoms with Crippen molar-refractivity contribution in [1.82, 2.24) is 4.98 Å². The number of para-hydroxylation sites is 1. The summed E-state index contributed by atoms with van der Waals surface area (Å²) in [5, 5.41) is 1.94. The molecule has 3 aromatic rings. The summed E-state index contributed by atoms with van der Waals surface area (Å²) in [7, 11) is -3.77. The number of nitrogens with one attached hydrogen (secondary N) is 1. The van der Waals surface area contributed by atoms with E-state index in [0.717, 1.165) is 0 Å². The number of thiazole rings is 1. The third kappa shape index (κ3) is 4.08. The molecule has 1 aliphatic rings. The van der Waals surface area contributed by atoms with Crippen molar-refractivity contribution in [3.63, 3.8) is 0 Å². The fraction of sp³-hybridized carbons (Fsp3) is 0.158. The van der Waals surface area contributed by atoms with Crippen molar-refractivity contribution in [3.8, 4) is 5.75 Å². The predicted molar refractivity (Wildman–Crippen MR) is 109 cm³/mol. The fourth-order valence-corrected chi connectivity index (χ4v) is 4.75. The lowest BCUT2D eigenvalue weighted by Gasteiger charge is -2.18. The molecule has 0 bridgehead atoms. The minimum atomic E-state index is -3.77. The number of carbonyl (C=O) groups excluding carboxylic acids is 1. The van der Waals surface area contributed by atoms with Crippen molar-refractivity contribution in [2.45, 2.75) is 17.4 Å². The summed E-state index contributed by atoms with van der Waals surface area (Å²) in [6.07, 6.45) is 1.12. The highest BCUT2D eigenvalue weighted by Gasteiger charge is 2.35. The quantitative estimate of drug-likeness (QED) is 0.640. The van der Waals surface area contributed by atoms with Gasteiger partial charge in [-0.15, -0.1) is 11.3 Å². The zero-order valence-electron chi connectivity index (χ0n) is 15.0. The van der Waals surface area contributed by atoms with E-state index in [-0.39, 0.29) is 23.1 Å². The second-order valence-corrected chi connectivity index (χ2v) is 8.83. The zero-order chi connectivity index (χ0) is 20.4. The van der Waals surface area contributed by atoms with Crippen molar-refractivity contribution < 1.29 is 23.8 Å². The number of hydrogen-bond donors (Lipinski definition) is 1. The number of sulfonamides is 1. The SMILES string of the molecule is O=C1C(Oc2ccccc2F)CCN1c1ccc(S(=O)(=O)Nc2nccs2)cc1.[HH]. The van der Waals surface area contributed by atoms with E-state index >= 15 is 0 Å². The summed E-state index contributed by atoms with van der Waals surface area (Å²) >= 11 is 1.18. The summed E-state index contributed by atoms with van der Waals surface area (Å²) < 4.78 is 46.5. The number of hydrogen-bond acceptors (Lipinski definition) is 6. The van der Waals surface area contributed by atoms with Crippen LogP contribution in [0.1, 0.15) is 7.85 Å². The van der Waals surface area contributed by atoms with Crippen molar-refractivity contribution >= 4 is 38.1 Å². The first-order chi connectivity index (χ1) is 13.9. The topological polar surface area (TPSA) is 88.6 Å². The maximum absolute atomic E-state index is 13.8. The third-order valence-corrected chi connectivity index (χ3v) is 6.55. The van der Waals surface area contributed by atoms with Crippen molar-refractivity contribution in [2.75, 3.05) is 16.2 Å². The second-order valence-electron chi connectivity index (χ2n) is 6.25. The molecule has 4 rings (SSSR count). The van der Waals surface area contributed by atoms with Gasteiger partial charge in [0.2, 0.25) is 0 Å². The number of carbonyl (C=O) groups is 1. The molecule has 1 N–H and O–H groups in total. The van der Waals surface area contributed by atoms with Crippen LogP contribution >= 0.6 is 11.3 Å². The Bertz CT molecular complexity index is 1120. The van der Waals surface area contributed by atoms with Gasteiger partial charge in [-0.2, -0.15) is 0 Å². The van der Waals surface area contributed by atoms with Gasteiger partial charge in [-0.1, -0.05) is 12.1 Å². The minimum Gasteiger partial charge on any atom is -0.477 e. The van der Waals surface area contributed by atoms with E-state index in [1.165, 1.54) is 46.7 Å². The Balaban J connectivity index is 0.00000256. The molecule has 1 amide bonds. The van der Waals surface area contributed by atoms with Gasteiger partial charge in [0.25, 0.3) is 15.9 Å². The van der Waals surface area contributed by atoms with Crippen LogP contribution in [0.4, 0.5) is 15.2 Å². The first kappa shape index (κ1) is 19.3. The Morgan fingerprint density at radius 2 is 1.97 bits per heavy atom. The maximum Gasteiger partial charge on any atom is 0.268 e. The average Bonchev–Trinajstić information content (AvgIpc) is 3.33. The van der Waals surface area contributed by atoms with E-state index in [0.29, 0.717) is 18.7 Å². The lowest BCUT2D eigenvalue weighted by molar-refractivity contribution is -0.122. The molecular formula is C19H18FN3O4S2. The lowest BCUT2D eigenvalue weighted by atomic mass is 10.3. The maximum atomic E-state index is 13.8. The molecule has 1 aliphatic heterocycles. The van der Waals surface area contributed by atoms with Gasteiger partial charge in [-0.25, -0.2) is 17.8 Å². The number of ether oxygens (including phenoxy) is 1. The summed E-state index contributed by atoms with van der Waals surface area (Å²) in [5.74, 6) is -0.798. The van der Waals surface area contributed by atoms with Gasteiger partial charge in [0, 0.05) is 31.7 Å². The molecule has 1 fully saturated rings. The standard InChI is InChI=1S/C19H16FN3O4S2.H2/c20-15-3-1-2-4-16(15)27-17-9-11-23(18(17)24)13-5-7-14(8-6-13)29(25,26)22-19-21-10-12-28-19;/h1-8,10,12,17H,9,11H2,(H,21,22);1H. The number of rotatable bonds is 6. The van der Waals surface area contributed by atoms with Gasteiger partial charge in [-0.3, -0.25) is 9.52 Å². The average molecular weight is 436 g/mol. The number of anilines is 2. The molecule has 152 valence electrons. The molecule has 7 nitrogen and oxygen atoms in total. The van der Waals surface area contributed by atoms with E-state index in [1.54, 1.807) is 29.6 Å². The van der Waals surface area contributed by atoms with E-state index < -0.39 is 21.9 Å². The highest BCUT2D eigenvalue weighted by molar-refractivity contribution is 7.93. The van der Waals surface area contributed by atoms with Crippen LogP contribution < -0.4 is 14.4 Å². The van der Waals surface area contributed by atoms with Crippen LogP contribution in [0.5, 0.6) is 5.75 Å². The lowest BCUT2D eigenvalue weighted by Crippen LogP contribution is -2.32. The Morgan fingerprint density at radius 3 is 2.66 bits per heavy atom. The number of nitrogens with zero attached hydrogens (tertiary/aromatic N) is 2. The third-order valence-electron chi connectivity index (χ3n) is 4.37. The highest BCUT2D eigenvalue weighted by Crippen LogP contribution is 2.27. The molecule has 0 saturated carbocycles. The van der Waals surface area contributed by atoms with Gasteiger partial charge in [0.15, 0.2) is 22.8 Å². The van der Waals surface area contributed by atoms with Gasteiger partial charge in [0.05, 0.1) is 4.90 Å². The molecule has 0 aliphatic carbocycles. The predicted octanol–water partition coefficient (Wildman–Crippen LogP) is 3.51. The van der Waals surface area contributed by atoms with E-state index in [2.05, 4.69) is 9.71 Å². The zero-order valence-corrected chi connectivity index (χ0v) is 16.6. The van der Waals surface area contributed by atoms with Crippen molar-refractivity contribution in [2.24, 2.45) is 0 Å². The van der Waals surface area contributed by atoms with Crippen LogP contribution in [0.25, 0.3) is 0 Å². The van der Waals surface area contributed by atoms with Gasteiger partial charge in [0.1, 0.15) is 0 Å². The van der Waals surface area contributed by atoms with E-state index in [9.17, 15) is 17.6 Å². The van der Waals surface area contributed by atoms with Crippen LogP contribution in [0, 0.1) is 5.82 Å². The van der Waals surface area contributed by atoms with Crippen LogP contribution in [-0.2, 0) is 14.8 Å². The first-order valence-electron chi connectivity index (χ1n) is 8.69. The van der Waals surface area contributed by atoms with E-state index in [4.69, 9.17) is 4.74 Å². The summed E-state index contributed by atoms with van der Waals surface area (Å²) in [6.45, 7) is 0.390. The molecule has 0 radical (unpaired) electrons. The molecule has 2 heterocycles. The summed E-state index contributed by atoms with van der Waals surface area (Å²) in [6, 6.07) is 11.9. The smallest absolute Gasteiger partial charge is 0.268 e. The molecule has 10 heteroatoms. The molecule has 0 spiro atoms. The Kier molecular flexibility index (Phi) is 5.20. The van der Waals surface area contributed by atoms with Crippen LogP contribution in [-0.4, -0.2) is 32.0 Å². The largest absolute Gasteiger partial charge is 0.477 e. The highest BCUT2D eigenvalue weighted by atomic mass is 32.2.